The van der Waals surface area contributed by atoms with Crippen molar-refractivity contribution in [3.05, 3.63) is 0 Å². The molecule has 0 aromatic carbocycles. The Hall–Kier alpha value is -1.10. The van der Waals surface area contributed by atoms with E-state index in [-0.39, 0.29) is 18.4 Å². The molecule has 5 N–H and O–H groups in total. The fraction of sp³-hybridized carbons (Fsp3) is 0.750. The Kier molecular flexibility index (Phi) is 5.06. The second kappa shape index (κ2) is 5.53. The van der Waals surface area contributed by atoms with E-state index in [9.17, 15) is 9.59 Å². The van der Waals surface area contributed by atoms with Gasteiger partial charge in [0.25, 0.3) is 0 Å². The second-order valence-corrected chi connectivity index (χ2v) is 3.10. The molecule has 2 amide bonds. The van der Waals surface area contributed by atoms with Gasteiger partial charge in [0, 0.05) is 0 Å². The van der Waals surface area contributed by atoms with Gasteiger partial charge in [-0.05, 0) is 5.92 Å². The predicted molar refractivity (Wildman–Crippen MR) is 49.6 cm³/mol. The fourth-order valence-corrected chi connectivity index (χ4v) is 0.804. The number of primary amides is 1. The van der Waals surface area contributed by atoms with Crippen molar-refractivity contribution in [1.29, 1.82) is 0 Å². The highest BCUT2D eigenvalue weighted by Gasteiger charge is 2.18. The molecular formula is C8H17N3O2. The first kappa shape index (κ1) is 11.9. The Morgan fingerprint density at radius 3 is 2.38 bits per heavy atom. The quantitative estimate of drug-likeness (QED) is 0.512. The maximum Gasteiger partial charge on any atom is 0.237 e. The van der Waals surface area contributed by atoms with Crippen LogP contribution in [0.1, 0.15) is 20.3 Å². The van der Waals surface area contributed by atoms with Crippen LogP contribution in [0, 0.1) is 5.92 Å². The molecule has 13 heavy (non-hydrogen) atoms. The normalized spacial score (nSPS) is 14.7. The lowest BCUT2D eigenvalue weighted by Gasteiger charge is -2.16. The van der Waals surface area contributed by atoms with Crippen LogP contribution in [-0.2, 0) is 9.59 Å². The molecule has 0 rings (SSSR count). The van der Waals surface area contributed by atoms with Crippen LogP contribution in [-0.4, -0.2) is 24.4 Å². The summed E-state index contributed by atoms with van der Waals surface area (Å²) in [6.45, 7) is 3.68. The third-order valence-electron chi connectivity index (χ3n) is 2.00. The summed E-state index contributed by atoms with van der Waals surface area (Å²) in [5.41, 5.74) is 10.4. The van der Waals surface area contributed by atoms with E-state index in [0.717, 1.165) is 6.42 Å². The van der Waals surface area contributed by atoms with Crippen LogP contribution < -0.4 is 16.8 Å². The monoisotopic (exact) mass is 187 g/mol. The highest BCUT2D eigenvalue weighted by Crippen LogP contribution is 2.04. The van der Waals surface area contributed by atoms with Crippen LogP contribution in [0.4, 0.5) is 0 Å². The predicted octanol–water partition coefficient (Wildman–Crippen LogP) is -1.04. The first-order chi connectivity index (χ1) is 5.99. The number of hydrogen-bond acceptors (Lipinski definition) is 3. The van der Waals surface area contributed by atoms with Crippen molar-refractivity contribution in [2.45, 2.75) is 26.3 Å². The van der Waals surface area contributed by atoms with E-state index in [1.807, 2.05) is 13.8 Å². The van der Waals surface area contributed by atoms with E-state index < -0.39 is 11.9 Å². The van der Waals surface area contributed by atoms with Gasteiger partial charge in [0.15, 0.2) is 0 Å². The third-order valence-corrected chi connectivity index (χ3v) is 2.00. The van der Waals surface area contributed by atoms with Crippen molar-refractivity contribution < 1.29 is 9.59 Å². The largest absolute Gasteiger partial charge is 0.368 e. The molecule has 0 spiro atoms. The first-order valence-corrected chi connectivity index (χ1v) is 4.30. The summed E-state index contributed by atoms with van der Waals surface area (Å²) in [5, 5.41) is 2.36. The van der Waals surface area contributed by atoms with Gasteiger partial charge >= 0.3 is 0 Å². The SMILES string of the molecule is CC[C@H](C)[C@H](N)C(=O)NCC(N)=O. The van der Waals surface area contributed by atoms with Gasteiger partial charge in [0.2, 0.25) is 11.8 Å². The molecule has 0 heterocycles. The zero-order chi connectivity index (χ0) is 10.4. The van der Waals surface area contributed by atoms with E-state index in [0.29, 0.717) is 0 Å². The lowest BCUT2D eigenvalue weighted by atomic mass is 9.99. The molecule has 0 aliphatic rings. The van der Waals surface area contributed by atoms with Gasteiger partial charge < -0.3 is 16.8 Å². The van der Waals surface area contributed by atoms with Crippen LogP contribution in [0.5, 0.6) is 0 Å². The smallest absolute Gasteiger partial charge is 0.237 e. The van der Waals surface area contributed by atoms with Crippen molar-refractivity contribution in [2.75, 3.05) is 6.54 Å². The summed E-state index contributed by atoms with van der Waals surface area (Å²) < 4.78 is 0. The van der Waals surface area contributed by atoms with Gasteiger partial charge in [-0.25, -0.2) is 0 Å². The summed E-state index contributed by atoms with van der Waals surface area (Å²) in [5.74, 6) is -0.786. The average Bonchev–Trinajstić information content (AvgIpc) is 2.11. The Morgan fingerprint density at radius 1 is 1.46 bits per heavy atom. The zero-order valence-electron chi connectivity index (χ0n) is 8.04. The van der Waals surface area contributed by atoms with E-state index in [1.165, 1.54) is 0 Å². The van der Waals surface area contributed by atoms with Crippen molar-refractivity contribution in [1.82, 2.24) is 5.32 Å². The van der Waals surface area contributed by atoms with E-state index in [4.69, 9.17) is 11.5 Å². The van der Waals surface area contributed by atoms with Gasteiger partial charge in [0.1, 0.15) is 0 Å². The summed E-state index contributed by atoms with van der Waals surface area (Å²) >= 11 is 0. The summed E-state index contributed by atoms with van der Waals surface area (Å²) in [6, 6.07) is -0.565. The molecule has 0 saturated heterocycles. The Morgan fingerprint density at radius 2 is 2.00 bits per heavy atom. The van der Waals surface area contributed by atoms with E-state index in [1.54, 1.807) is 0 Å². The van der Waals surface area contributed by atoms with E-state index in [2.05, 4.69) is 5.32 Å². The number of hydrogen-bond donors (Lipinski definition) is 3. The molecule has 0 bridgehead atoms. The maximum atomic E-state index is 11.2. The molecule has 0 fully saturated rings. The number of carbonyl (C=O) groups excluding carboxylic acids is 2. The van der Waals surface area contributed by atoms with Crippen molar-refractivity contribution >= 4 is 11.8 Å². The zero-order valence-corrected chi connectivity index (χ0v) is 8.04. The van der Waals surface area contributed by atoms with Crippen LogP contribution in [0.15, 0.2) is 0 Å². The van der Waals surface area contributed by atoms with Crippen LogP contribution in [0.25, 0.3) is 0 Å². The Balaban J connectivity index is 3.89. The van der Waals surface area contributed by atoms with Gasteiger partial charge in [-0.3, -0.25) is 9.59 Å². The molecule has 0 aromatic rings. The number of rotatable bonds is 5. The van der Waals surface area contributed by atoms with Gasteiger partial charge in [-0.2, -0.15) is 0 Å². The second-order valence-electron chi connectivity index (χ2n) is 3.10. The minimum atomic E-state index is -0.565. The van der Waals surface area contributed by atoms with Gasteiger partial charge in [-0.15, -0.1) is 0 Å². The lowest BCUT2D eigenvalue weighted by molar-refractivity contribution is -0.126. The van der Waals surface area contributed by atoms with Crippen LogP contribution in [0.2, 0.25) is 0 Å². The Bertz CT molecular complexity index is 194. The molecule has 0 aromatic heterocycles. The summed E-state index contributed by atoms with van der Waals surface area (Å²) in [6.07, 6.45) is 0.825. The molecular weight excluding hydrogens is 170 g/mol. The first-order valence-electron chi connectivity index (χ1n) is 4.30. The van der Waals surface area contributed by atoms with Gasteiger partial charge in [0.05, 0.1) is 12.6 Å². The Labute approximate surface area is 77.8 Å². The molecule has 5 nitrogen and oxygen atoms in total. The molecule has 0 aliphatic heterocycles. The minimum absolute atomic E-state index is 0.105. The molecule has 2 atom stereocenters. The van der Waals surface area contributed by atoms with Crippen molar-refractivity contribution in [2.24, 2.45) is 17.4 Å². The molecule has 5 heteroatoms. The standard InChI is InChI=1S/C8H17N3O2/c1-3-5(2)7(10)8(13)11-4-6(9)12/h5,7H,3-4,10H2,1-2H3,(H2,9,12)(H,11,13)/t5-,7-/m0/s1. The highest BCUT2D eigenvalue weighted by atomic mass is 16.2. The van der Waals surface area contributed by atoms with Crippen molar-refractivity contribution in [3.63, 3.8) is 0 Å². The molecule has 76 valence electrons. The lowest BCUT2D eigenvalue weighted by Crippen LogP contribution is -2.46. The molecule has 0 unspecified atom stereocenters. The molecule has 0 aliphatic carbocycles. The molecule has 0 saturated carbocycles. The topological polar surface area (TPSA) is 98.2 Å². The summed E-state index contributed by atoms with van der Waals surface area (Å²) in [4.78, 5) is 21.5. The van der Waals surface area contributed by atoms with Gasteiger partial charge in [-0.1, -0.05) is 20.3 Å². The maximum absolute atomic E-state index is 11.2. The number of nitrogens with two attached hydrogens (primary N) is 2. The van der Waals surface area contributed by atoms with Crippen LogP contribution >= 0.6 is 0 Å². The van der Waals surface area contributed by atoms with Crippen LogP contribution in [0.3, 0.4) is 0 Å². The minimum Gasteiger partial charge on any atom is -0.368 e. The molecule has 0 radical (unpaired) electrons. The van der Waals surface area contributed by atoms with Crippen molar-refractivity contribution in [3.8, 4) is 0 Å². The number of amides is 2. The average molecular weight is 187 g/mol. The third kappa shape index (κ3) is 4.47. The van der Waals surface area contributed by atoms with E-state index >= 15 is 0 Å². The highest BCUT2D eigenvalue weighted by molar-refractivity contribution is 5.86. The number of nitrogens with one attached hydrogen (secondary N) is 1. The fourth-order valence-electron chi connectivity index (χ4n) is 0.804. The summed E-state index contributed by atoms with van der Waals surface area (Å²) in [7, 11) is 0. The number of carbonyl (C=O) groups is 2.